The van der Waals surface area contributed by atoms with Crippen LogP contribution in [0.25, 0.3) is 0 Å². The predicted molar refractivity (Wildman–Crippen MR) is 123 cm³/mol. The van der Waals surface area contributed by atoms with Gasteiger partial charge in [-0.2, -0.15) is 0 Å². The third-order valence-corrected chi connectivity index (χ3v) is 6.32. The van der Waals surface area contributed by atoms with Crippen molar-refractivity contribution in [3.8, 4) is 11.5 Å². The van der Waals surface area contributed by atoms with E-state index in [1.165, 1.54) is 0 Å². The number of amides is 4. The molecule has 1 saturated heterocycles. The zero-order valence-electron chi connectivity index (χ0n) is 18.9. The van der Waals surface area contributed by atoms with Gasteiger partial charge in [0.1, 0.15) is 12.1 Å². The minimum absolute atomic E-state index is 0.135. The second-order valence-electron chi connectivity index (χ2n) is 8.38. The van der Waals surface area contributed by atoms with E-state index in [4.69, 9.17) is 9.47 Å². The van der Waals surface area contributed by atoms with Crippen molar-refractivity contribution >= 4 is 23.5 Å². The fraction of sp³-hybridized carbons (Fsp3) is 0.400. The number of carbonyl (C=O) groups is 3. The summed E-state index contributed by atoms with van der Waals surface area (Å²) in [4.78, 5) is 39.6. The smallest absolute Gasteiger partial charge is 0.325 e. The van der Waals surface area contributed by atoms with Crippen molar-refractivity contribution in [1.82, 2.24) is 10.2 Å². The molecule has 0 spiro atoms. The van der Waals surface area contributed by atoms with Crippen molar-refractivity contribution in [2.24, 2.45) is 0 Å². The van der Waals surface area contributed by atoms with E-state index in [-0.39, 0.29) is 12.6 Å². The molecule has 2 fully saturated rings. The van der Waals surface area contributed by atoms with E-state index in [1.807, 2.05) is 25.1 Å². The van der Waals surface area contributed by atoms with Gasteiger partial charge < -0.3 is 20.1 Å². The number of rotatable bonds is 8. The molecule has 2 N–H and O–H groups in total. The first-order valence-corrected chi connectivity index (χ1v) is 11.3. The van der Waals surface area contributed by atoms with Crippen molar-refractivity contribution in [2.45, 2.75) is 50.7 Å². The van der Waals surface area contributed by atoms with Crippen LogP contribution in [0.2, 0.25) is 0 Å². The average Bonchev–Trinajstić information content (AvgIpc) is 3.42. The molecule has 4 amide bonds. The molecule has 33 heavy (non-hydrogen) atoms. The maximum absolute atomic E-state index is 13.2. The first-order chi connectivity index (χ1) is 16.0. The molecule has 174 valence electrons. The third-order valence-electron chi connectivity index (χ3n) is 6.32. The molecular weight excluding hydrogens is 422 g/mol. The molecule has 1 saturated carbocycles. The molecule has 1 heterocycles. The molecule has 0 bridgehead atoms. The quantitative estimate of drug-likeness (QED) is 0.595. The monoisotopic (exact) mass is 451 g/mol. The van der Waals surface area contributed by atoms with E-state index >= 15 is 0 Å². The molecule has 1 unspecified atom stereocenters. The zero-order chi connectivity index (χ0) is 23.4. The van der Waals surface area contributed by atoms with Crippen molar-refractivity contribution in [3.63, 3.8) is 0 Å². The third kappa shape index (κ3) is 4.51. The van der Waals surface area contributed by atoms with Gasteiger partial charge in [-0.1, -0.05) is 37.3 Å². The van der Waals surface area contributed by atoms with Crippen molar-refractivity contribution in [1.29, 1.82) is 0 Å². The lowest BCUT2D eigenvalue weighted by Gasteiger charge is -2.25. The average molecular weight is 452 g/mol. The van der Waals surface area contributed by atoms with Crippen LogP contribution >= 0.6 is 0 Å². The standard InChI is InChI=1S/C25H29N3O5/c1-3-25(17-9-5-4-6-10-17)23(30)28(24(31)27-25)16-22(29)26-18-13-14-20(32-2)21(15-18)33-19-11-7-8-12-19/h4-6,9-10,13-15,19H,3,7-8,11-12,16H2,1-2H3,(H,26,29)(H,27,31). The first kappa shape index (κ1) is 22.6. The first-order valence-electron chi connectivity index (χ1n) is 11.3. The van der Waals surface area contributed by atoms with Gasteiger partial charge in [-0.25, -0.2) is 4.79 Å². The summed E-state index contributed by atoms with van der Waals surface area (Å²) < 4.78 is 11.5. The SMILES string of the molecule is CCC1(c2ccccc2)NC(=O)N(CC(=O)Nc2ccc(OC)c(OC3CCCC3)c2)C1=O. The van der Waals surface area contributed by atoms with Crippen LogP contribution in [0.15, 0.2) is 48.5 Å². The Kier molecular flexibility index (Phi) is 6.53. The normalized spacial score (nSPS) is 20.6. The van der Waals surface area contributed by atoms with E-state index in [0.717, 1.165) is 30.6 Å². The maximum Gasteiger partial charge on any atom is 0.325 e. The van der Waals surface area contributed by atoms with Crippen LogP contribution in [0.5, 0.6) is 11.5 Å². The van der Waals surface area contributed by atoms with Gasteiger partial charge in [0.05, 0.1) is 13.2 Å². The molecule has 1 aliphatic carbocycles. The van der Waals surface area contributed by atoms with E-state index in [1.54, 1.807) is 37.4 Å². The van der Waals surface area contributed by atoms with Crippen LogP contribution in [0.1, 0.15) is 44.6 Å². The Morgan fingerprint density at radius 2 is 1.85 bits per heavy atom. The highest BCUT2D eigenvalue weighted by molar-refractivity contribution is 6.10. The van der Waals surface area contributed by atoms with Gasteiger partial charge in [-0.05, 0) is 49.8 Å². The number of benzene rings is 2. The number of anilines is 1. The van der Waals surface area contributed by atoms with Crippen LogP contribution in [0, 0.1) is 0 Å². The Morgan fingerprint density at radius 3 is 2.52 bits per heavy atom. The van der Waals surface area contributed by atoms with Gasteiger partial charge in [0.15, 0.2) is 11.5 Å². The Labute approximate surface area is 193 Å². The second-order valence-corrected chi connectivity index (χ2v) is 8.38. The van der Waals surface area contributed by atoms with Gasteiger partial charge in [0.25, 0.3) is 5.91 Å². The fourth-order valence-electron chi connectivity index (χ4n) is 4.51. The van der Waals surface area contributed by atoms with Gasteiger partial charge >= 0.3 is 6.03 Å². The molecule has 2 aromatic rings. The lowest BCUT2D eigenvalue weighted by Crippen LogP contribution is -2.44. The summed E-state index contributed by atoms with van der Waals surface area (Å²) in [6.45, 7) is 1.45. The number of nitrogens with one attached hydrogen (secondary N) is 2. The molecule has 0 aromatic heterocycles. The topological polar surface area (TPSA) is 97.0 Å². The molecule has 8 heteroatoms. The maximum atomic E-state index is 13.2. The van der Waals surface area contributed by atoms with Crippen molar-refractivity contribution < 1.29 is 23.9 Å². The summed E-state index contributed by atoms with van der Waals surface area (Å²) in [6, 6.07) is 13.6. The summed E-state index contributed by atoms with van der Waals surface area (Å²) in [6.07, 6.45) is 4.77. The van der Waals surface area contributed by atoms with Crippen LogP contribution in [-0.4, -0.2) is 42.5 Å². The Hall–Kier alpha value is -3.55. The number of hydrogen-bond donors (Lipinski definition) is 2. The molecule has 4 rings (SSSR count). The van der Waals surface area contributed by atoms with Crippen LogP contribution in [-0.2, 0) is 15.1 Å². The van der Waals surface area contributed by atoms with Gasteiger partial charge in [0.2, 0.25) is 5.91 Å². The van der Waals surface area contributed by atoms with E-state index in [2.05, 4.69) is 10.6 Å². The highest BCUT2D eigenvalue weighted by Crippen LogP contribution is 2.35. The minimum Gasteiger partial charge on any atom is -0.493 e. The van der Waals surface area contributed by atoms with Gasteiger partial charge in [0, 0.05) is 11.8 Å². The lowest BCUT2D eigenvalue weighted by atomic mass is 9.87. The number of methoxy groups -OCH3 is 1. The van der Waals surface area contributed by atoms with E-state index in [9.17, 15) is 14.4 Å². The zero-order valence-corrected chi connectivity index (χ0v) is 18.9. The van der Waals surface area contributed by atoms with Crippen molar-refractivity contribution in [3.05, 3.63) is 54.1 Å². The van der Waals surface area contributed by atoms with Crippen LogP contribution < -0.4 is 20.1 Å². The fourth-order valence-corrected chi connectivity index (χ4v) is 4.51. The molecule has 0 radical (unpaired) electrons. The number of imide groups is 1. The number of carbonyl (C=O) groups excluding carboxylic acids is 3. The van der Waals surface area contributed by atoms with E-state index in [0.29, 0.717) is 29.2 Å². The second kappa shape index (κ2) is 9.52. The number of nitrogens with zero attached hydrogens (tertiary/aromatic N) is 1. The number of urea groups is 1. The summed E-state index contributed by atoms with van der Waals surface area (Å²) in [5.74, 6) is 0.239. The molecular formula is C25H29N3O5. The van der Waals surface area contributed by atoms with Gasteiger partial charge in [-0.15, -0.1) is 0 Å². The Bertz CT molecular complexity index is 1040. The lowest BCUT2D eigenvalue weighted by molar-refractivity contribution is -0.134. The number of hydrogen-bond acceptors (Lipinski definition) is 5. The highest BCUT2D eigenvalue weighted by Gasteiger charge is 2.51. The summed E-state index contributed by atoms with van der Waals surface area (Å²) in [5.41, 5.74) is 0.0318. The van der Waals surface area contributed by atoms with Crippen LogP contribution in [0.4, 0.5) is 10.5 Å². The molecule has 2 aliphatic rings. The molecule has 8 nitrogen and oxygen atoms in total. The Morgan fingerprint density at radius 1 is 1.12 bits per heavy atom. The largest absolute Gasteiger partial charge is 0.493 e. The van der Waals surface area contributed by atoms with E-state index < -0.39 is 23.4 Å². The molecule has 2 aromatic carbocycles. The summed E-state index contributed by atoms with van der Waals surface area (Å²) in [7, 11) is 1.57. The minimum atomic E-state index is -1.17. The molecule has 1 atom stereocenters. The summed E-state index contributed by atoms with van der Waals surface area (Å²) >= 11 is 0. The van der Waals surface area contributed by atoms with Gasteiger partial charge in [-0.3, -0.25) is 14.5 Å². The van der Waals surface area contributed by atoms with Crippen LogP contribution in [0.3, 0.4) is 0 Å². The number of ether oxygens (including phenoxy) is 2. The molecule has 1 aliphatic heterocycles. The predicted octanol–water partition coefficient (Wildman–Crippen LogP) is 3.81. The highest BCUT2D eigenvalue weighted by atomic mass is 16.5. The van der Waals surface area contributed by atoms with Crippen molar-refractivity contribution in [2.75, 3.05) is 19.0 Å². The summed E-state index contributed by atoms with van der Waals surface area (Å²) in [5, 5.41) is 5.55. The Balaban J connectivity index is 1.46.